The van der Waals surface area contributed by atoms with E-state index in [0.717, 1.165) is 25.2 Å². The highest BCUT2D eigenvalue weighted by molar-refractivity contribution is 5.80. The minimum absolute atomic E-state index is 0.320. The van der Waals surface area contributed by atoms with E-state index in [1.807, 2.05) is 12.3 Å². The second-order valence-electron chi connectivity index (χ2n) is 5.14. The molecule has 2 heterocycles. The van der Waals surface area contributed by atoms with Gasteiger partial charge < -0.3 is 5.32 Å². The van der Waals surface area contributed by atoms with E-state index in [4.69, 9.17) is 0 Å². The highest BCUT2D eigenvalue weighted by atomic mass is 16.1. The predicted octanol–water partition coefficient (Wildman–Crippen LogP) is 2.15. The van der Waals surface area contributed by atoms with Crippen LogP contribution in [0.4, 0.5) is 0 Å². The Hall–Kier alpha value is -1.22. The predicted molar refractivity (Wildman–Crippen MR) is 72.5 cm³/mol. The van der Waals surface area contributed by atoms with E-state index in [1.54, 1.807) is 0 Å². The summed E-state index contributed by atoms with van der Waals surface area (Å²) in [5.41, 5.74) is 2.13. The first-order chi connectivity index (χ1) is 8.78. The van der Waals surface area contributed by atoms with E-state index < -0.39 is 0 Å². The SMILES string of the molecule is CCc1ccc(CC(=O)CC2CCCNC2)nc1. The summed E-state index contributed by atoms with van der Waals surface area (Å²) in [5, 5.41) is 3.35. The molecule has 1 N–H and O–H groups in total. The lowest BCUT2D eigenvalue weighted by molar-refractivity contribution is -0.119. The van der Waals surface area contributed by atoms with Gasteiger partial charge in [0.05, 0.1) is 0 Å². The molecule has 1 saturated heterocycles. The maximum Gasteiger partial charge on any atom is 0.139 e. The van der Waals surface area contributed by atoms with E-state index in [-0.39, 0.29) is 0 Å². The monoisotopic (exact) mass is 246 g/mol. The van der Waals surface area contributed by atoms with Crippen molar-refractivity contribution in [3.63, 3.8) is 0 Å². The first kappa shape index (κ1) is 13.2. The fraction of sp³-hybridized carbons (Fsp3) is 0.600. The lowest BCUT2D eigenvalue weighted by atomic mass is 9.93. The Labute approximate surface area is 109 Å². The highest BCUT2D eigenvalue weighted by Gasteiger charge is 2.17. The first-order valence-corrected chi connectivity index (χ1v) is 6.94. The number of aryl methyl sites for hydroxylation is 1. The van der Waals surface area contributed by atoms with Crippen LogP contribution < -0.4 is 5.32 Å². The molecule has 3 nitrogen and oxygen atoms in total. The number of carbonyl (C=O) groups is 1. The summed E-state index contributed by atoms with van der Waals surface area (Å²) in [4.78, 5) is 16.3. The van der Waals surface area contributed by atoms with Crippen LogP contribution in [0.5, 0.6) is 0 Å². The average Bonchev–Trinajstić information content (AvgIpc) is 2.40. The van der Waals surface area contributed by atoms with Gasteiger partial charge in [-0.1, -0.05) is 13.0 Å². The molecule has 0 spiro atoms. The molecular weight excluding hydrogens is 224 g/mol. The topological polar surface area (TPSA) is 42.0 Å². The van der Waals surface area contributed by atoms with Gasteiger partial charge in [0.2, 0.25) is 0 Å². The fourth-order valence-corrected chi connectivity index (χ4v) is 2.46. The largest absolute Gasteiger partial charge is 0.316 e. The van der Waals surface area contributed by atoms with Crippen molar-refractivity contribution in [3.05, 3.63) is 29.6 Å². The Morgan fingerprint density at radius 1 is 1.50 bits per heavy atom. The van der Waals surface area contributed by atoms with Crippen LogP contribution in [0.1, 0.15) is 37.4 Å². The molecule has 2 rings (SSSR count). The number of hydrogen-bond acceptors (Lipinski definition) is 3. The Bertz CT molecular complexity index is 380. The maximum atomic E-state index is 12.0. The molecule has 1 aromatic heterocycles. The number of hydrogen-bond donors (Lipinski definition) is 1. The van der Waals surface area contributed by atoms with E-state index in [1.165, 1.54) is 18.4 Å². The van der Waals surface area contributed by atoms with Crippen molar-refractivity contribution in [3.8, 4) is 0 Å². The van der Waals surface area contributed by atoms with E-state index >= 15 is 0 Å². The first-order valence-electron chi connectivity index (χ1n) is 6.94. The zero-order valence-electron chi connectivity index (χ0n) is 11.1. The van der Waals surface area contributed by atoms with Crippen molar-refractivity contribution < 1.29 is 4.79 Å². The van der Waals surface area contributed by atoms with Crippen molar-refractivity contribution in [2.24, 2.45) is 5.92 Å². The van der Waals surface area contributed by atoms with Crippen molar-refractivity contribution in [1.82, 2.24) is 10.3 Å². The van der Waals surface area contributed by atoms with Crippen LogP contribution in [-0.4, -0.2) is 23.9 Å². The molecule has 0 amide bonds. The number of rotatable bonds is 5. The van der Waals surface area contributed by atoms with E-state index in [0.29, 0.717) is 24.5 Å². The summed E-state index contributed by atoms with van der Waals surface area (Å²) < 4.78 is 0. The number of aromatic nitrogens is 1. The normalized spacial score (nSPS) is 19.7. The van der Waals surface area contributed by atoms with E-state index in [2.05, 4.69) is 23.3 Å². The van der Waals surface area contributed by atoms with Gasteiger partial charge in [-0.05, 0) is 49.9 Å². The van der Waals surface area contributed by atoms with Gasteiger partial charge >= 0.3 is 0 Å². The molecule has 1 unspecified atom stereocenters. The van der Waals surface area contributed by atoms with Crippen LogP contribution in [0.15, 0.2) is 18.3 Å². The van der Waals surface area contributed by atoms with Crippen LogP contribution in [0.2, 0.25) is 0 Å². The number of pyridine rings is 1. The van der Waals surface area contributed by atoms with Crippen molar-refractivity contribution in [2.45, 2.75) is 39.0 Å². The Morgan fingerprint density at radius 2 is 2.39 bits per heavy atom. The standard InChI is InChI=1S/C15H22N2O/c1-2-12-5-6-14(17-11-12)9-15(18)8-13-4-3-7-16-10-13/h5-6,11,13,16H,2-4,7-10H2,1H3. The van der Waals surface area contributed by atoms with Crippen molar-refractivity contribution in [2.75, 3.05) is 13.1 Å². The lowest BCUT2D eigenvalue weighted by Crippen LogP contribution is -2.31. The molecule has 98 valence electrons. The number of nitrogens with zero attached hydrogens (tertiary/aromatic N) is 1. The third kappa shape index (κ3) is 3.91. The molecule has 1 aliphatic heterocycles. The molecule has 0 aliphatic carbocycles. The smallest absolute Gasteiger partial charge is 0.139 e. The molecular formula is C15H22N2O. The lowest BCUT2D eigenvalue weighted by Gasteiger charge is -2.21. The van der Waals surface area contributed by atoms with Crippen molar-refractivity contribution in [1.29, 1.82) is 0 Å². The number of piperidine rings is 1. The van der Waals surface area contributed by atoms with Gasteiger partial charge in [-0.3, -0.25) is 9.78 Å². The highest BCUT2D eigenvalue weighted by Crippen LogP contribution is 2.15. The molecule has 3 heteroatoms. The summed E-state index contributed by atoms with van der Waals surface area (Å²) in [6.45, 7) is 4.20. The minimum atomic E-state index is 0.320. The second kappa shape index (κ2) is 6.64. The van der Waals surface area contributed by atoms with Gasteiger partial charge in [0.25, 0.3) is 0 Å². The quantitative estimate of drug-likeness (QED) is 0.865. The summed E-state index contributed by atoms with van der Waals surface area (Å²) in [5.74, 6) is 0.849. The summed E-state index contributed by atoms with van der Waals surface area (Å²) in [7, 11) is 0. The van der Waals surface area contributed by atoms with Gasteiger partial charge in [-0.25, -0.2) is 0 Å². The maximum absolute atomic E-state index is 12.0. The molecule has 1 fully saturated rings. The number of Topliss-reactive ketones (excluding diaryl/α,β-unsaturated/α-hetero) is 1. The Kier molecular flexibility index (Phi) is 4.88. The van der Waals surface area contributed by atoms with E-state index in [9.17, 15) is 4.79 Å². The Balaban J connectivity index is 1.82. The van der Waals surface area contributed by atoms with Gasteiger partial charge in [-0.15, -0.1) is 0 Å². The second-order valence-corrected chi connectivity index (χ2v) is 5.14. The number of carbonyl (C=O) groups excluding carboxylic acids is 1. The zero-order valence-corrected chi connectivity index (χ0v) is 11.1. The van der Waals surface area contributed by atoms with Gasteiger partial charge in [-0.2, -0.15) is 0 Å². The third-order valence-corrected chi connectivity index (χ3v) is 3.59. The minimum Gasteiger partial charge on any atom is -0.316 e. The van der Waals surface area contributed by atoms with Crippen LogP contribution >= 0.6 is 0 Å². The van der Waals surface area contributed by atoms with Crippen LogP contribution in [0, 0.1) is 5.92 Å². The van der Waals surface area contributed by atoms with Crippen LogP contribution in [0.25, 0.3) is 0 Å². The molecule has 1 atom stereocenters. The summed E-state index contributed by atoms with van der Waals surface area (Å²) >= 11 is 0. The van der Waals surface area contributed by atoms with Gasteiger partial charge in [0, 0.05) is 24.7 Å². The molecule has 1 aliphatic rings. The van der Waals surface area contributed by atoms with Crippen molar-refractivity contribution >= 4 is 5.78 Å². The number of ketones is 1. The molecule has 18 heavy (non-hydrogen) atoms. The third-order valence-electron chi connectivity index (χ3n) is 3.59. The average molecular weight is 246 g/mol. The molecule has 0 aromatic carbocycles. The zero-order chi connectivity index (χ0) is 12.8. The van der Waals surface area contributed by atoms with Gasteiger partial charge in [0.1, 0.15) is 5.78 Å². The van der Waals surface area contributed by atoms with Crippen LogP contribution in [-0.2, 0) is 17.6 Å². The van der Waals surface area contributed by atoms with Crippen LogP contribution in [0.3, 0.4) is 0 Å². The number of nitrogens with one attached hydrogen (secondary N) is 1. The fourth-order valence-electron chi connectivity index (χ4n) is 2.46. The van der Waals surface area contributed by atoms with Gasteiger partial charge in [0.15, 0.2) is 0 Å². The molecule has 1 aromatic rings. The molecule has 0 saturated carbocycles. The summed E-state index contributed by atoms with van der Waals surface area (Å²) in [6, 6.07) is 4.05. The molecule has 0 radical (unpaired) electrons. The Morgan fingerprint density at radius 3 is 3.00 bits per heavy atom. The summed E-state index contributed by atoms with van der Waals surface area (Å²) in [6.07, 6.45) is 6.44. The molecule has 0 bridgehead atoms.